The molecule has 0 aromatic carbocycles. The van der Waals surface area contributed by atoms with Crippen LogP contribution in [0.15, 0.2) is 0 Å². The summed E-state index contributed by atoms with van der Waals surface area (Å²) in [5.74, 6) is 0.255. The van der Waals surface area contributed by atoms with Gasteiger partial charge in [0.1, 0.15) is 0 Å². The molecule has 2 aliphatic rings. The van der Waals surface area contributed by atoms with Crippen LogP contribution in [0.4, 0.5) is 0 Å². The highest BCUT2D eigenvalue weighted by atomic mass is 16.5. The van der Waals surface area contributed by atoms with E-state index >= 15 is 0 Å². The van der Waals surface area contributed by atoms with E-state index in [1.165, 1.54) is 12.8 Å². The molecule has 17 heavy (non-hydrogen) atoms. The Morgan fingerprint density at radius 2 is 2.12 bits per heavy atom. The van der Waals surface area contributed by atoms with Crippen LogP contribution >= 0.6 is 0 Å². The smallest absolute Gasteiger partial charge is 0.240 e. The van der Waals surface area contributed by atoms with Gasteiger partial charge in [-0.05, 0) is 39.5 Å². The molecule has 0 spiro atoms. The molecular weight excluding hydrogens is 216 g/mol. The lowest BCUT2D eigenvalue weighted by Crippen LogP contribution is -2.59. The summed E-state index contributed by atoms with van der Waals surface area (Å²) in [6.07, 6.45) is 4.52. The number of piperidine rings is 1. The molecule has 4 nitrogen and oxygen atoms in total. The van der Waals surface area contributed by atoms with Crippen LogP contribution in [-0.4, -0.2) is 48.7 Å². The van der Waals surface area contributed by atoms with Crippen molar-refractivity contribution in [3.05, 3.63) is 0 Å². The van der Waals surface area contributed by atoms with Gasteiger partial charge >= 0.3 is 0 Å². The molecule has 1 N–H and O–H groups in total. The third-order valence-corrected chi connectivity index (χ3v) is 3.68. The molecule has 1 atom stereocenters. The Kier molecular flexibility index (Phi) is 3.73. The van der Waals surface area contributed by atoms with E-state index in [-0.39, 0.29) is 17.5 Å². The molecule has 1 amide bonds. The van der Waals surface area contributed by atoms with Gasteiger partial charge in [-0.1, -0.05) is 0 Å². The Bertz CT molecular complexity index is 287. The summed E-state index contributed by atoms with van der Waals surface area (Å²) in [6.45, 7) is 5.61. The van der Waals surface area contributed by atoms with E-state index in [4.69, 9.17) is 4.74 Å². The number of methoxy groups -OCH3 is 1. The molecule has 0 aromatic rings. The Morgan fingerprint density at radius 1 is 1.41 bits per heavy atom. The summed E-state index contributed by atoms with van der Waals surface area (Å²) in [7, 11) is 1.69. The van der Waals surface area contributed by atoms with Crippen molar-refractivity contribution in [1.82, 2.24) is 10.2 Å². The van der Waals surface area contributed by atoms with Crippen molar-refractivity contribution < 1.29 is 9.53 Å². The average Bonchev–Trinajstić information content (AvgIpc) is 3.04. The molecule has 1 aliphatic carbocycles. The standard InChI is InChI=1S/C13H24N2O2/c1-13(2,9-17-3)15-8-4-5-11(12(15)16)14-10-6-7-10/h10-11,14H,4-9H2,1-3H3. The van der Waals surface area contributed by atoms with Crippen LogP contribution in [-0.2, 0) is 9.53 Å². The van der Waals surface area contributed by atoms with Crippen molar-refractivity contribution in [3.8, 4) is 0 Å². The van der Waals surface area contributed by atoms with Crippen molar-refractivity contribution >= 4 is 5.91 Å². The lowest BCUT2D eigenvalue weighted by molar-refractivity contribution is -0.144. The lowest BCUT2D eigenvalue weighted by atomic mass is 9.96. The topological polar surface area (TPSA) is 41.6 Å². The second kappa shape index (κ2) is 4.94. The van der Waals surface area contributed by atoms with E-state index in [9.17, 15) is 4.79 Å². The number of nitrogens with zero attached hydrogens (tertiary/aromatic N) is 1. The number of carbonyl (C=O) groups excluding carboxylic acids is 1. The fraction of sp³-hybridized carbons (Fsp3) is 0.923. The first-order valence-electron chi connectivity index (χ1n) is 6.61. The second-order valence-electron chi connectivity index (χ2n) is 5.87. The number of hydrogen-bond donors (Lipinski definition) is 1. The monoisotopic (exact) mass is 240 g/mol. The molecule has 1 saturated carbocycles. The van der Waals surface area contributed by atoms with Crippen molar-refractivity contribution in [1.29, 1.82) is 0 Å². The number of amides is 1. The Hall–Kier alpha value is -0.610. The van der Waals surface area contributed by atoms with Crippen LogP contribution in [0.3, 0.4) is 0 Å². The van der Waals surface area contributed by atoms with Gasteiger partial charge in [0.05, 0.1) is 18.2 Å². The first kappa shape index (κ1) is 12.8. The van der Waals surface area contributed by atoms with Gasteiger partial charge in [0.2, 0.25) is 5.91 Å². The minimum Gasteiger partial charge on any atom is -0.382 e. The maximum atomic E-state index is 12.4. The number of hydrogen-bond acceptors (Lipinski definition) is 3. The third kappa shape index (κ3) is 2.99. The number of rotatable bonds is 5. The van der Waals surface area contributed by atoms with Gasteiger partial charge in [0.25, 0.3) is 0 Å². The molecule has 2 rings (SSSR count). The quantitative estimate of drug-likeness (QED) is 0.784. The summed E-state index contributed by atoms with van der Waals surface area (Å²) in [5, 5.41) is 3.45. The minimum absolute atomic E-state index is 0.0346. The van der Waals surface area contributed by atoms with Crippen molar-refractivity contribution in [2.24, 2.45) is 0 Å². The highest BCUT2D eigenvalue weighted by Gasteiger charge is 2.39. The van der Waals surface area contributed by atoms with E-state index < -0.39 is 0 Å². The maximum absolute atomic E-state index is 12.4. The average molecular weight is 240 g/mol. The van der Waals surface area contributed by atoms with Gasteiger partial charge < -0.3 is 15.0 Å². The largest absolute Gasteiger partial charge is 0.382 e. The summed E-state index contributed by atoms with van der Waals surface area (Å²) in [5.41, 5.74) is -0.199. The summed E-state index contributed by atoms with van der Waals surface area (Å²) in [4.78, 5) is 14.4. The van der Waals surface area contributed by atoms with E-state index in [0.29, 0.717) is 12.6 Å². The fourth-order valence-electron chi connectivity index (χ4n) is 2.60. The van der Waals surface area contributed by atoms with Gasteiger partial charge in [-0.15, -0.1) is 0 Å². The predicted octanol–water partition coefficient (Wildman–Crippen LogP) is 1.15. The van der Waals surface area contributed by atoms with Crippen LogP contribution in [0.25, 0.3) is 0 Å². The maximum Gasteiger partial charge on any atom is 0.240 e. The summed E-state index contributed by atoms with van der Waals surface area (Å²) >= 11 is 0. The molecule has 1 heterocycles. The van der Waals surface area contributed by atoms with Crippen LogP contribution in [0, 0.1) is 0 Å². The number of ether oxygens (including phenoxy) is 1. The highest BCUT2D eigenvalue weighted by Crippen LogP contribution is 2.26. The Balaban J connectivity index is 1.99. The molecule has 2 fully saturated rings. The normalized spacial score (nSPS) is 26.4. The number of nitrogens with one attached hydrogen (secondary N) is 1. The van der Waals surface area contributed by atoms with Gasteiger partial charge in [0.15, 0.2) is 0 Å². The minimum atomic E-state index is -0.199. The number of carbonyl (C=O) groups is 1. The van der Waals surface area contributed by atoms with E-state index in [1.54, 1.807) is 7.11 Å². The second-order valence-corrected chi connectivity index (χ2v) is 5.87. The Morgan fingerprint density at radius 3 is 2.71 bits per heavy atom. The zero-order chi connectivity index (χ0) is 12.5. The van der Waals surface area contributed by atoms with Crippen molar-refractivity contribution in [3.63, 3.8) is 0 Å². The summed E-state index contributed by atoms with van der Waals surface area (Å²) < 4.78 is 5.22. The van der Waals surface area contributed by atoms with Gasteiger partial charge in [-0.25, -0.2) is 0 Å². The number of likely N-dealkylation sites (tertiary alicyclic amines) is 1. The molecule has 0 bridgehead atoms. The van der Waals surface area contributed by atoms with Crippen molar-refractivity contribution in [2.75, 3.05) is 20.3 Å². The molecular formula is C13H24N2O2. The zero-order valence-corrected chi connectivity index (χ0v) is 11.2. The molecule has 1 aliphatic heterocycles. The molecule has 1 saturated heterocycles. The highest BCUT2D eigenvalue weighted by molar-refractivity contribution is 5.83. The fourth-order valence-corrected chi connectivity index (χ4v) is 2.60. The van der Waals surface area contributed by atoms with Crippen LogP contribution < -0.4 is 5.32 Å². The summed E-state index contributed by atoms with van der Waals surface area (Å²) in [6, 6.07) is 0.627. The van der Waals surface area contributed by atoms with Crippen LogP contribution in [0.2, 0.25) is 0 Å². The van der Waals surface area contributed by atoms with E-state index in [2.05, 4.69) is 19.2 Å². The molecule has 0 radical (unpaired) electrons. The molecule has 98 valence electrons. The Labute approximate surface area is 104 Å². The molecule has 4 heteroatoms. The predicted molar refractivity (Wildman–Crippen MR) is 66.8 cm³/mol. The first-order chi connectivity index (χ1) is 8.04. The van der Waals surface area contributed by atoms with Crippen LogP contribution in [0.5, 0.6) is 0 Å². The molecule has 1 unspecified atom stereocenters. The van der Waals surface area contributed by atoms with Gasteiger partial charge in [-0.2, -0.15) is 0 Å². The molecule has 0 aromatic heterocycles. The van der Waals surface area contributed by atoms with E-state index in [0.717, 1.165) is 19.4 Å². The van der Waals surface area contributed by atoms with E-state index in [1.807, 2.05) is 4.90 Å². The lowest BCUT2D eigenvalue weighted by Gasteiger charge is -2.43. The van der Waals surface area contributed by atoms with Crippen LogP contribution in [0.1, 0.15) is 39.5 Å². The SMILES string of the molecule is COCC(C)(C)N1CCCC(NC2CC2)C1=O. The van der Waals surface area contributed by atoms with Gasteiger partial charge in [0, 0.05) is 19.7 Å². The third-order valence-electron chi connectivity index (χ3n) is 3.68. The van der Waals surface area contributed by atoms with Gasteiger partial charge in [-0.3, -0.25) is 4.79 Å². The first-order valence-corrected chi connectivity index (χ1v) is 6.61. The zero-order valence-electron chi connectivity index (χ0n) is 11.2. The van der Waals surface area contributed by atoms with Crippen molar-refractivity contribution in [2.45, 2.75) is 57.2 Å².